The molecule has 0 aliphatic carbocycles. The normalized spacial score (nSPS) is 19.2. The molecule has 1 aromatic rings. The Hall–Kier alpha value is -1.20. The fraction of sp³-hybridized carbons (Fsp3) is 0.619. The van der Waals surface area contributed by atoms with Gasteiger partial charge in [0.05, 0.1) is 30.6 Å². The minimum Gasteiger partial charge on any atom is -0.378 e. The van der Waals surface area contributed by atoms with Crippen LogP contribution in [-0.4, -0.2) is 84.1 Å². The van der Waals surface area contributed by atoms with E-state index in [1.165, 1.54) is 0 Å². The van der Waals surface area contributed by atoms with Crippen molar-refractivity contribution in [3.8, 4) is 0 Å². The molecule has 1 unspecified atom stereocenters. The summed E-state index contributed by atoms with van der Waals surface area (Å²) in [7, 11) is -1.04. The quantitative estimate of drug-likeness (QED) is 0.334. The topological polar surface area (TPSA) is 74.2 Å². The van der Waals surface area contributed by atoms with Crippen LogP contribution < -0.4 is 5.32 Å². The van der Waals surface area contributed by atoms with Gasteiger partial charge in [-0.25, -0.2) is 0 Å². The van der Waals surface area contributed by atoms with Gasteiger partial charge in [-0.3, -0.25) is 14.0 Å². The van der Waals surface area contributed by atoms with Crippen LogP contribution in [0, 0.1) is 5.92 Å². The molecular formula is C21H33IN4O3S. The van der Waals surface area contributed by atoms with Gasteiger partial charge in [0, 0.05) is 49.3 Å². The molecule has 1 atom stereocenters. The number of morpholine rings is 1. The fourth-order valence-corrected chi connectivity index (χ4v) is 4.68. The minimum atomic E-state index is -1.04. The predicted molar refractivity (Wildman–Crippen MR) is 131 cm³/mol. The first-order valence-electron chi connectivity index (χ1n) is 10.5. The lowest BCUT2D eigenvalue weighted by molar-refractivity contribution is -0.140. The van der Waals surface area contributed by atoms with E-state index in [1.807, 2.05) is 42.2 Å². The molecule has 168 valence electrons. The molecule has 2 fully saturated rings. The second kappa shape index (κ2) is 13.3. The zero-order valence-corrected chi connectivity index (χ0v) is 20.8. The van der Waals surface area contributed by atoms with Gasteiger partial charge >= 0.3 is 0 Å². The molecule has 2 saturated heterocycles. The van der Waals surface area contributed by atoms with Gasteiger partial charge in [0.15, 0.2) is 5.96 Å². The smallest absolute Gasteiger partial charge is 0.225 e. The molecule has 2 aliphatic heterocycles. The van der Waals surface area contributed by atoms with E-state index in [2.05, 4.69) is 15.2 Å². The maximum Gasteiger partial charge on any atom is 0.225 e. The van der Waals surface area contributed by atoms with E-state index in [0.717, 1.165) is 43.3 Å². The van der Waals surface area contributed by atoms with Crippen LogP contribution in [0.2, 0.25) is 0 Å². The van der Waals surface area contributed by atoms with E-state index in [-0.39, 0.29) is 35.8 Å². The number of guanidine groups is 1. The third-order valence-corrected chi connectivity index (χ3v) is 6.70. The standard InChI is InChI=1S/C21H32N4O3S.HI/c1-2-22-21(23-10-17-29(27)19-6-4-3-5-7-19)25-11-8-18(9-12-25)20(26)24-13-15-28-16-14-24;/h3-7,18H,2,8-17H2,1H3,(H,22,23);1H. The Morgan fingerprint density at radius 3 is 2.43 bits per heavy atom. The molecule has 3 rings (SSSR count). The summed E-state index contributed by atoms with van der Waals surface area (Å²) in [6, 6.07) is 9.52. The van der Waals surface area contributed by atoms with E-state index >= 15 is 0 Å². The van der Waals surface area contributed by atoms with Crippen molar-refractivity contribution in [2.45, 2.75) is 24.7 Å². The van der Waals surface area contributed by atoms with Crippen LogP contribution >= 0.6 is 24.0 Å². The molecule has 2 aliphatic rings. The molecule has 9 heteroatoms. The Kier molecular flexibility index (Phi) is 11.1. The van der Waals surface area contributed by atoms with Gasteiger partial charge in [0.25, 0.3) is 0 Å². The van der Waals surface area contributed by atoms with Crippen LogP contribution in [0.25, 0.3) is 0 Å². The molecule has 0 spiro atoms. The summed E-state index contributed by atoms with van der Waals surface area (Å²) < 4.78 is 17.7. The third kappa shape index (κ3) is 7.19. The first-order chi connectivity index (χ1) is 14.2. The molecule has 0 aromatic heterocycles. The Balaban J connectivity index is 0.00000320. The summed E-state index contributed by atoms with van der Waals surface area (Å²) in [5.41, 5.74) is 0. The molecule has 0 bridgehead atoms. The van der Waals surface area contributed by atoms with E-state index in [0.29, 0.717) is 38.6 Å². The van der Waals surface area contributed by atoms with Crippen molar-refractivity contribution in [3.05, 3.63) is 30.3 Å². The van der Waals surface area contributed by atoms with E-state index in [4.69, 9.17) is 4.74 Å². The first-order valence-corrected chi connectivity index (χ1v) is 11.8. The van der Waals surface area contributed by atoms with Crippen LogP contribution in [0.5, 0.6) is 0 Å². The number of ether oxygens (including phenoxy) is 1. The van der Waals surface area contributed by atoms with E-state index < -0.39 is 10.8 Å². The number of hydrogen-bond donors (Lipinski definition) is 1. The lowest BCUT2D eigenvalue weighted by Crippen LogP contribution is -2.50. The first kappa shape index (κ1) is 25.1. The summed E-state index contributed by atoms with van der Waals surface area (Å²) in [5.74, 6) is 1.73. The maximum atomic E-state index is 12.7. The third-order valence-electron chi connectivity index (χ3n) is 5.35. The van der Waals surface area contributed by atoms with Crippen molar-refractivity contribution in [3.63, 3.8) is 0 Å². The Labute approximate surface area is 199 Å². The molecule has 1 amide bonds. The van der Waals surface area contributed by atoms with E-state index in [9.17, 15) is 9.00 Å². The highest BCUT2D eigenvalue weighted by molar-refractivity contribution is 14.0. The minimum absolute atomic E-state index is 0. The number of amides is 1. The molecule has 2 heterocycles. The highest BCUT2D eigenvalue weighted by Crippen LogP contribution is 2.20. The largest absolute Gasteiger partial charge is 0.378 e. The van der Waals surface area contributed by atoms with Crippen molar-refractivity contribution >= 4 is 46.6 Å². The highest BCUT2D eigenvalue weighted by atomic mass is 127. The van der Waals surface area contributed by atoms with Gasteiger partial charge < -0.3 is 19.9 Å². The van der Waals surface area contributed by atoms with Gasteiger partial charge in [-0.2, -0.15) is 0 Å². The average Bonchev–Trinajstić information content (AvgIpc) is 2.79. The van der Waals surface area contributed by atoms with Gasteiger partial charge in [0.1, 0.15) is 0 Å². The number of benzene rings is 1. The summed E-state index contributed by atoms with van der Waals surface area (Å²) in [5, 5.41) is 3.34. The lowest BCUT2D eigenvalue weighted by Gasteiger charge is -2.36. The summed E-state index contributed by atoms with van der Waals surface area (Å²) >= 11 is 0. The zero-order valence-electron chi connectivity index (χ0n) is 17.6. The Bertz CT molecular complexity index is 705. The molecule has 30 heavy (non-hydrogen) atoms. The van der Waals surface area contributed by atoms with Crippen LogP contribution in [-0.2, 0) is 20.3 Å². The van der Waals surface area contributed by atoms with E-state index in [1.54, 1.807) is 0 Å². The number of carbonyl (C=O) groups excluding carboxylic acids is 1. The van der Waals surface area contributed by atoms with Crippen LogP contribution in [0.3, 0.4) is 0 Å². The molecule has 0 saturated carbocycles. The molecular weight excluding hydrogens is 515 g/mol. The fourth-order valence-electron chi connectivity index (χ4n) is 3.73. The number of carbonyl (C=O) groups is 1. The maximum absolute atomic E-state index is 12.7. The lowest BCUT2D eigenvalue weighted by atomic mass is 9.95. The van der Waals surface area contributed by atoms with Crippen molar-refractivity contribution in [1.29, 1.82) is 0 Å². The van der Waals surface area contributed by atoms with Crippen molar-refractivity contribution in [2.75, 3.05) is 58.2 Å². The molecule has 7 nitrogen and oxygen atoms in total. The molecule has 1 aromatic carbocycles. The Morgan fingerprint density at radius 2 is 1.80 bits per heavy atom. The number of nitrogens with one attached hydrogen (secondary N) is 1. The average molecular weight is 548 g/mol. The predicted octanol–water partition coefficient (Wildman–Crippen LogP) is 1.95. The van der Waals surface area contributed by atoms with Crippen molar-refractivity contribution in [1.82, 2.24) is 15.1 Å². The van der Waals surface area contributed by atoms with Gasteiger partial charge in [-0.15, -0.1) is 24.0 Å². The Morgan fingerprint density at radius 1 is 1.13 bits per heavy atom. The monoisotopic (exact) mass is 548 g/mol. The van der Waals surface area contributed by atoms with Crippen molar-refractivity contribution in [2.24, 2.45) is 10.9 Å². The van der Waals surface area contributed by atoms with Gasteiger partial charge in [-0.1, -0.05) is 18.2 Å². The number of piperidine rings is 1. The summed E-state index contributed by atoms with van der Waals surface area (Å²) in [6.45, 7) is 7.68. The second-order valence-corrected chi connectivity index (χ2v) is 8.87. The van der Waals surface area contributed by atoms with Gasteiger partial charge in [-0.05, 0) is 31.9 Å². The van der Waals surface area contributed by atoms with Crippen molar-refractivity contribution < 1.29 is 13.7 Å². The number of halogens is 1. The second-order valence-electron chi connectivity index (χ2n) is 7.30. The van der Waals surface area contributed by atoms with Crippen LogP contribution in [0.1, 0.15) is 19.8 Å². The molecule has 0 radical (unpaired) electrons. The van der Waals surface area contributed by atoms with Gasteiger partial charge in [0.2, 0.25) is 5.91 Å². The van der Waals surface area contributed by atoms with Crippen LogP contribution in [0.15, 0.2) is 40.2 Å². The number of rotatable bonds is 6. The number of hydrogen-bond acceptors (Lipinski definition) is 4. The zero-order chi connectivity index (χ0) is 20.5. The summed E-state index contributed by atoms with van der Waals surface area (Å²) in [6.07, 6.45) is 1.69. The molecule has 1 N–H and O–H groups in total. The SMILES string of the molecule is CCNC(=NCCS(=O)c1ccccc1)N1CCC(C(=O)N2CCOCC2)CC1.I. The highest BCUT2D eigenvalue weighted by Gasteiger charge is 2.30. The number of nitrogens with zero attached hydrogens (tertiary/aromatic N) is 3. The summed E-state index contributed by atoms with van der Waals surface area (Å²) in [4.78, 5) is 22.4. The number of likely N-dealkylation sites (tertiary alicyclic amines) is 1. The van der Waals surface area contributed by atoms with Crippen LogP contribution in [0.4, 0.5) is 0 Å². The number of aliphatic imine (C=N–C) groups is 1.